The first-order chi connectivity index (χ1) is 12.7. The van der Waals surface area contributed by atoms with Crippen molar-refractivity contribution >= 4 is 22.9 Å². The molecule has 1 aromatic heterocycles. The molecule has 1 aliphatic heterocycles. The lowest BCUT2D eigenvalue weighted by Crippen LogP contribution is -2.28. The van der Waals surface area contributed by atoms with Crippen LogP contribution in [-0.4, -0.2) is 19.6 Å². The number of fused-ring (bicyclic) bond motifs is 4. The second-order valence-electron chi connectivity index (χ2n) is 6.82. The van der Waals surface area contributed by atoms with Crippen LogP contribution >= 0.6 is 11.3 Å². The normalized spacial score (nSPS) is 14.6. The number of carbonyl (C=O) groups is 1. The lowest BCUT2D eigenvalue weighted by Gasteiger charge is -2.16. The van der Waals surface area contributed by atoms with Gasteiger partial charge in [-0.3, -0.25) is 4.79 Å². The van der Waals surface area contributed by atoms with Crippen LogP contribution in [-0.2, 0) is 19.3 Å². The van der Waals surface area contributed by atoms with Gasteiger partial charge in [0.05, 0.1) is 12.0 Å². The van der Waals surface area contributed by atoms with Gasteiger partial charge in [0.25, 0.3) is 5.91 Å². The Morgan fingerprint density at radius 2 is 1.85 bits per heavy atom. The fraction of sp³-hybridized carbons (Fsp3) is 0.227. The summed E-state index contributed by atoms with van der Waals surface area (Å²) >= 11 is 1.63. The molecule has 2 aromatic carbocycles. The summed E-state index contributed by atoms with van der Waals surface area (Å²) in [5.41, 5.74) is 6.18. The number of methoxy groups -OCH3 is 1. The minimum atomic E-state index is 0.129. The topological polar surface area (TPSA) is 29.5 Å². The maximum atomic E-state index is 13.2. The molecule has 0 saturated carbocycles. The summed E-state index contributed by atoms with van der Waals surface area (Å²) in [4.78, 5) is 17.2. The minimum Gasteiger partial charge on any atom is -0.497 e. The van der Waals surface area contributed by atoms with E-state index in [1.807, 2.05) is 23.1 Å². The zero-order chi connectivity index (χ0) is 17.7. The van der Waals surface area contributed by atoms with E-state index in [1.165, 1.54) is 27.1 Å². The molecule has 1 aliphatic carbocycles. The van der Waals surface area contributed by atoms with Crippen molar-refractivity contribution < 1.29 is 9.53 Å². The summed E-state index contributed by atoms with van der Waals surface area (Å²) in [6.07, 6.45) is 2.92. The van der Waals surface area contributed by atoms with E-state index in [2.05, 4.69) is 30.3 Å². The van der Waals surface area contributed by atoms with Gasteiger partial charge in [0, 0.05) is 17.1 Å². The molecule has 0 bridgehead atoms. The molecule has 3 aromatic rings. The Morgan fingerprint density at radius 3 is 2.73 bits per heavy atom. The van der Waals surface area contributed by atoms with Crippen LogP contribution in [0, 0.1) is 0 Å². The highest BCUT2D eigenvalue weighted by Crippen LogP contribution is 2.41. The highest BCUT2D eigenvalue weighted by molar-refractivity contribution is 7.17. The summed E-state index contributed by atoms with van der Waals surface area (Å²) in [7, 11) is 1.70. The van der Waals surface area contributed by atoms with E-state index >= 15 is 0 Å². The largest absolute Gasteiger partial charge is 0.497 e. The van der Waals surface area contributed by atoms with E-state index in [1.54, 1.807) is 18.4 Å². The lowest BCUT2D eigenvalue weighted by molar-refractivity contribution is 0.0993. The van der Waals surface area contributed by atoms with Gasteiger partial charge in [-0.15, -0.1) is 11.3 Å². The van der Waals surface area contributed by atoms with Crippen molar-refractivity contribution in [2.75, 3.05) is 18.6 Å². The summed E-state index contributed by atoms with van der Waals surface area (Å²) in [6, 6.07) is 16.6. The molecule has 3 nitrogen and oxygen atoms in total. The average molecular weight is 361 g/mol. The van der Waals surface area contributed by atoms with Crippen molar-refractivity contribution in [3.8, 4) is 16.2 Å². The highest BCUT2D eigenvalue weighted by Gasteiger charge is 2.28. The molecule has 0 radical (unpaired) electrons. The monoisotopic (exact) mass is 361 g/mol. The SMILES string of the molecule is COc1ccc2c(c1)CCc1cc(C(=O)N3CCc4ccccc43)sc1-2. The number of hydrogen-bond acceptors (Lipinski definition) is 3. The quantitative estimate of drug-likeness (QED) is 0.661. The Kier molecular flexibility index (Phi) is 3.61. The van der Waals surface area contributed by atoms with Crippen LogP contribution in [0.5, 0.6) is 5.75 Å². The second-order valence-corrected chi connectivity index (χ2v) is 7.88. The van der Waals surface area contributed by atoms with Crippen LogP contribution in [0.1, 0.15) is 26.4 Å². The third-order valence-electron chi connectivity index (χ3n) is 5.37. The van der Waals surface area contributed by atoms with E-state index in [-0.39, 0.29) is 5.91 Å². The maximum absolute atomic E-state index is 13.2. The number of thiophene rings is 1. The van der Waals surface area contributed by atoms with Crippen molar-refractivity contribution in [2.24, 2.45) is 0 Å². The van der Waals surface area contributed by atoms with Crippen LogP contribution in [0.25, 0.3) is 10.4 Å². The smallest absolute Gasteiger partial charge is 0.268 e. The molecule has 0 fully saturated rings. The highest BCUT2D eigenvalue weighted by atomic mass is 32.1. The molecule has 2 aliphatic rings. The van der Waals surface area contributed by atoms with E-state index < -0.39 is 0 Å². The van der Waals surface area contributed by atoms with Crippen LogP contribution in [0.3, 0.4) is 0 Å². The first-order valence-corrected chi connectivity index (χ1v) is 9.76. The first-order valence-electron chi connectivity index (χ1n) is 8.94. The van der Waals surface area contributed by atoms with Gasteiger partial charge < -0.3 is 9.64 Å². The van der Waals surface area contributed by atoms with E-state index in [0.717, 1.165) is 42.1 Å². The van der Waals surface area contributed by atoms with Gasteiger partial charge in [-0.25, -0.2) is 0 Å². The van der Waals surface area contributed by atoms with Gasteiger partial charge in [-0.1, -0.05) is 18.2 Å². The molecule has 2 heterocycles. The van der Waals surface area contributed by atoms with Gasteiger partial charge in [0.2, 0.25) is 0 Å². The Hall–Kier alpha value is -2.59. The van der Waals surface area contributed by atoms with E-state index in [0.29, 0.717) is 0 Å². The molecule has 0 N–H and O–H groups in total. The fourth-order valence-electron chi connectivity index (χ4n) is 4.02. The number of benzene rings is 2. The number of anilines is 1. The second kappa shape index (κ2) is 5.99. The third-order valence-corrected chi connectivity index (χ3v) is 6.57. The molecular weight excluding hydrogens is 342 g/mol. The molecular formula is C22H19NO2S. The van der Waals surface area contributed by atoms with Crippen molar-refractivity contribution in [2.45, 2.75) is 19.3 Å². The Morgan fingerprint density at radius 1 is 1.00 bits per heavy atom. The number of nitrogens with zero attached hydrogens (tertiary/aromatic N) is 1. The predicted molar refractivity (Wildman–Crippen MR) is 106 cm³/mol. The third kappa shape index (κ3) is 2.36. The van der Waals surface area contributed by atoms with E-state index in [4.69, 9.17) is 4.74 Å². The predicted octanol–water partition coefficient (Wildman–Crippen LogP) is 4.73. The Balaban J connectivity index is 1.51. The van der Waals surface area contributed by atoms with Gasteiger partial charge in [-0.2, -0.15) is 0 Å². The molecule has 0 unspecified atom stereocenters. The van der Waals surface area contributed by atoms with Crippen LogP contribution in [0.4, 0.5) is 5.69 Å². The van der Waals surface area contributed by atoms with Crippen molar-refractivity contribution in [3.05, 3.63) is 70.1 Å². The van der Waals surface area contributed by atoms with Crippen LogP contribution in [0.2, 0.25) is 0 Å². The standard InChI is InChI=1S/C22H19NO2S/c1-25-17-8-9-18-15(12-17)6-7-16-13-20(26-21(16)18)22(24)23-11-10-14-4-2-3-5-19(14)23/h2-5,8-9,12-13H,6-7,10-11H2,1H3. The van der Waals surface area contributed by atoms with Gasteiger partial charge >= 0.3 is 0 Å². The molecule has 0 saturated heterocycles. The molecule has 130 valence electrons. The molecule has 26 heavy (non-hydrogen) atoms. The summed E-state index contributed by atoms with van der Waals surface area (Å²) < 4.78 is 5.36. The minimum absolute atomic E-state index is 0.129. The van der Waals surface area contributed by atoms with Crippen LogP contribution in [0.15, 0.2) is 48.5 Å². The Labute approximate surface area is 156 Å². The number of rotatable bonds is 2. The molecule has 1 amide bonds. The molecule has 0 spiro atoms. The number of hydrogen-bond donors (Lipinski definition) is 0. The van der Waals surface area contributed by atoms with Crippen LogP contribution < -0.4 is 9.64 Å². The summed E-state index contributed by atoms with van der Waals surface area (Å²) in [5, 5.41) is 0. The van der Waals surface area contributed by atoms with Gasteiger partial charge in [0.1, 0.15) is 5.75 Å². The zero-order valence-electron chi connectivity index (χ0n) is 14.6. The van der Waals surface area contributed by atoms with Crippen molar-refractivity contribution in [3.63, 3.8) is 0 Å². The maximum Gasteiger partial charge on any atom is 0.268 e. The van der Waals surface area contributed by atoms with Gasteiger partial charge in [0.15, 0.2) is 0 Å². The fourth-order valence-corrected chi connectivity index (χ4v) is 5.24. The summed E-state index contributed by atoms with van der Waals surface area (Å²) in [5.74, 6) is 1.03. The van der Waals surface area contributed by atoms with Crippen molar-refractivity contribution in [1.82, 2.24) is 0 Å². The number of carbonyl (C=O) groups excluding carboxylic acids is 1. The number of amides is 1. The van der Waals surface area contributed by atoms with Crippen molar-refractivity contribution in [1.29, 1.82) is 0 Å². The number of ether oxygens (including phenoxy) is 1. The average Bonchev–Trinajstić information content (AvgIpc) is 3.31. The van der Waals surface area contributed by atoms with E-state index in [9.17, 15) is 4.79 Å². The molecule has 4 heteroatoms. The number of aryl methyl sites for hydroxylation is 2. The lowest BCUT2D eigenvalue weighted by atomic mass is 9.91. The first kappa shape index (κ1) is 15.6. The summed E-state index contributed by atoms with van der Waals surface area (Å²) in [6.45, 7) is 0.772. The zero-order valence-corrected chi connectivity index (χ0v) is 15.4. The molecule has 5 rings (SSSR count). The van der Waals surface area contributed by atoms with Gasteiger partial charge in [-0.05, 0) is 71.8 Å². The number of para-hydroxylation sites is 1. The molecule has 0 atom stereocenters. The Bertz CT molecular complexity index is 1020.